The molecule has 6 nitrogen and oxygen atoms in total. The number of aryl methyl sites for hydroxylation is 1. The first-order valence-electron chi connectivity index (χ1n) is 10.8. The molecule has 1 amide bonds. The Bertz CT molecular complexity index is 1100. The zero-order valence-corrected chi connectivity index (χ0v) is 18.5. The zero-order valence-electron chi connectivity index (χ0n) is 17.7. The minimum atomic E-state index is -3.62. The Labute approximate surface area is 184 Å². The molecule has 1 aliphatic carbocycles. The van der Waals surface area contributed by atoms with Crippen LogP contribution in [0.1, 0.15) is 48.4 Å². The highest BCUT2D eigenvalue weighted by molar-refractivity contribution is 7.89. The number of nitriles is 1. The average molecular weight is 438 g/mol. The summed E-state index contributed by atoms with van der Waals surface area (Å²) in [6, 6.07) is 16.4. The van der Waals surface area contributed by atoms with Gasteiger partial charge in [0.2, 0.25) is 15.9 Å². The molecule has 2 aromatic rings. The van der Waals surface area contributed by atoms with Gasteiger partial charge in [0.25, 0.3) is 0 Å². The third kappa shape index (κ3) is 4.23. The Hall–Kier alpha value is -2.69. The molecule has 31 heavy (non-hydrogen) atoms. The first kappa shape index (κ1) is 21.5. The van der Waals surface area contributed by atoms with Gasteiger partial charge < -0.3 is 4.90 Å². The van der Waals surface area contributed by atoms with Gasteiger partial charge >= 0.3 is 0 Å². The third-order valence-corrected chi connectivity index (χ3v) is 8.49. The van der Waals surface area contributed by atoms with E-state index >= 15 is 0 Å². The molecule has 162 valence electrons. The van der Waals surface area contributed by atoms with Crippen molar-refractivity contribution in [2.24, 2.45) is 5.92 Å². The fourth-order valence-electron chi connectivity index (χ4n) is 4.77. The lowest BCUT2D eigenvalue weighted by atomic mass is 9.86. The normalized spacial score (nSPS) is 19.9. The van der Waals surface area contributed by atoms with Crippen LogP contribution in [0.25, 0.3) is 0 Å². The summed E-state index contributed by atoms with van der Waals surface area (Å²) in [5.74, 6) is -0.0522. The van der Waals surface area contributed by atoms with Crippen LogP contribution in [0.4, 0.5) is 0 Å². The molecule has 1 heterocycles. The Morgan fingerprint density at radius 3 is 2.42 bits per heavy atom. The van der Waals surface area contributed by atoms with Gasteiger partial charge in [-0.2, -0.15) is 9.57 Å². The molecule has 1 unspecified atom stereocenters. The highest BCUT2D eigenvalue weighted by atomic mass is 32.2. The third-order valence-electron chi connectivity index (χ3n) is 6.58. The number of benzene rings is 2. The smallest absolute Gasteiger partial charge is 0.243 e. The lowest BCUT2D eigenvalue weighted by Crippen LogP contribution is -2.44. The summed E-state index contributed by atoms with van der Waals surface area (Å²) in [5.41, 5.74) is 2.99. The molecule has 2 aliphatic rings. The van der Waals surface area contributed by atoms with Crippen LogP contribution in [-0.4, -0.2) is 43.7 Å². The van der Waals surface area contributed by atoms with Crippen LogP contribution in [0.3, 0.4) is 0 Å². The molecule has 1 aliphatic heterocycles. The molecule has 0 bridgehead atoms. The molecule has 0 N–H and O–H groups in total. The maximum atomic E-state index is 13.2. The fourth-order valence-corrected chi connectivity index (χ4v) is 6.24. The number of amides is 1. The number of carbonyl (C=O) groups excluding carboxylic acids is 1. The second-order valence-corrected chi connectivity index (χ2v) is 10.3. The van der Waals surface area contributed by atoms with Crippen LogP contribution in [-0.2, 0) is 21.2 Å². The molecule has 7 heteroatoms. The van der Waals surface area contributed by atoms with E-state index in [9.17, 15) is 13.2 Å². The van der Waals surface area contributed by atoms with Crippen molar-refractivity contribution < 1.29 is 13.2 Å². The molecule has 1 saturated heterocycles. The topological polar surface area (TPSA) is 81.5 Å². The Balaban J connectivity index is 1.41. The lowest BCUT2D eigenvalue weighted by molar-refractivity contribution is -0.138. The SMILES string of the molecule is CN(C(=O)C1CCN(S(=O)(=O)c2ccc(C#N)cc2)CC1)C1CCCc2ccccc21. The Kier molecular flexibility index (Phi) is 6.12. The minimum absolute atomic E-state index is 0.0952. The van der Waals surface area contributed by atoms with E-state index in [1.807, 2.05) is 30.1 Å². The first-order chi connectivity index (χ1) is 14.9. The fraction of sp³-hybridized carbons (Fsp3) is 0.417. The summed E-state index contributed by atoms with van der Waals surface area (Å²) in [4.78, 5) is 15.3. The molecule has 4 rings (SSSR count). The van der Waals surface area contributed by atoms with E-state index in [2.05, 4.69) is 12.1 Å². The molecule has 0 spiro atoms. The van der Waals surface area contributed by atoms with Gasteiger partial charge in [-0.25, -0.2) is 8.42 Å². The number of carbonyl (C=O) groups is 1. The van der Waals surface area contributed by atoms with Crippen molar-refractivity contribution in [1.82, 2.24) is 9.21 Å². The summed E-state index contributed by atoms with van der Waals surface area (Å²) in [6.45, 7) is 0.654. The summed E-state index contributed by atoms with van der Waals surface area (Å²) in [5, 5.41) is 8.91. The predicted octanol–water partition coefficient (Wildman–Crippen LogP) is 3.49. The molecule has 0 saturated carbocycles. The van der Waals surface area contributed by atoms with E-state index in [4.69, 9.17) is 5.26 Å². The van der Waals surface area contributed by atoms with Crippen LogP contribution in [0.5, 0.6) is 0 Å². The van der Waals surface area contributed by atoms with Crippen molar-refractivity contribution in [3.05, 3.63) is 65.2 Å². The van der Waals surface area contributed by atoms with Crippen LogP contribution >= 0.6 is 0 Å². The van der Waals surface area contributed by atoms with Gasteiger partial charge in [0.15, 0.2) is 0 Å². The zero-order chi connectivity index (χ0) is 22.0. The number of hydrogen-bond acceptors (Lipinski definition) is 4. The van der Waals surface area contributed by atoms with E-state index in [1.165, 1.54) is 39.7 Å². The number of piperidine rings is 1. The summed E-state index contributed by atoms with van der Waals surface area (Å²) < 4.78 is 27.3. The molecule has 1 atom stereocenters. The van der Waals surface area contributed by atoms with Crippen molar-refractivity contribution >= 4 is 15.9 Å². The van der Waals surface area contributed by atoms with E-state index < -0.39 is 10.0 Å². The Morgan fingerprint density at radius 1 is 1.06 bits per heavy atom. The highest BCUT2D eigenvalue weighted by Crippen LogP contribution is 2.35. The van der Waals surface area contributed by atoms with Crippen LogP contribution in [0, 0.1) is 17.2 Å². The highest BCUT2D eigenvalue weighted by Gasteiger charge is 2.35. The molecule has 2 aromatic carbocycles. The maximum Gasteiger partial charge on any atom is 0.243 e. The molecular formula is C24H27N3O3S. The van der Waals surface area contributed by atoms with Gasteiger partial charge in [0.1, 0.15) is 0 Å². The van der Waals surface area contributed by atoms with Crippen molar-refractivity contribution in [1.29, 1.82) is 5.26 Å². The number of sulfonamides is 1. The minimum Gasteiger partial charge on any atom is -0.338 e. The number of rotatable bonds is 4. The molecule has 1 fully saturated rings. The van der Waals surface area contributed by atoms with Crippen molar-refractivity contribution in [2.75, 3.05) is 20.1 Å². The van der Waals surface area contributed by atoms with Crippen molar-refractivity contribution in [2.45, 2.75) is 43.0 Å². The molecular weight excluding hydrogens is 410 g/mol. The van der Waals surface area contributed by atoms with E-state index in [0.29, 0.717) is 31.5 Å². The van der Waals surface area contributed by atoms with Crippen LogP contribution in [0.2, 0.25) is 0 Å². The summed E-state index contributed by atoms with van der Waals surface area (Å²) >= 11 is 0. The van der Waals surface area contributed by atoms with Gasteiger partial charge in [-0.05, 0) is 67.5 Å². The molecule has 0 radical (unpaired) electrons. The van der Waals surface area contributed by atoms with Gasteiger partial charge in [0, 0.05) is 26.1 Å². The number of nitrogens with zero attached hydrogens (tertiary/aromatic N) is 3. The van der Waals surface area contributed by atoms with E-state index in [1.54, 1.807) is 0 Å². The first-order valence-corrected chi connectivity index (χ1v) is 12.2. The van der Waals surface area contributed by atoms with Gasteiger partial charge in [-0.3, -0.25) is 4.79 Å². The number of fused-ring (bicyclic) bond motifs is 1. The summed E-state index contributed by atoms with van der Waals surface area (Å²) in [7, 11) is -1.73. The largest absolute Gasteiger partial charge is 0.338 e. The second kappa shape index (κ2) is 8.81. The molecule has 0 aromatic heterocycles. The summed E-state index contributed by atoms with van der Waals surface area (Å²) in [6.07, 6.45) is 4.13. The second-order valence-electron chi connectivity index (χ2n) is 8.37. The van der Waals surface area contributed by atoms with Gasteiger partial charge in [0.05, 0.1) is 22.6 Å². The van der Waals surface area contributed by atoms with E-state index in [0.717, 1.165) is 19.3 Å². The van der Waals surface area contributed by atoms with Crippen molar-refractivity contribution in [3.8, 4) is 6.07 Å². The van der Waals surface area contributed by atoms with Gasteiger partial charge in [-0.1, -0.05) is 24.3 Å². The van der Waals surface area contributed by atoms with Gasteiger partial charge in [-0.15, -0.1) is 0 Å². The quantitative estimate of drug-likeness (QED) is 0.733. The monoisotopic (exact) mass is 437 g/mol. The van der Waals surface area contributed by atoms with Crippen LogP contribution in [0.15, 0.2) is 53.4 Å². The van der Waals surface area contributed by atoms with Crippen molar-refractivity contribution in [3.63, 3.8) is 0 Å². The predicted molar refractivity (Wildman–Crippen MR) is 118 cm³/mol. The van der Waals surface area contributed by atoms with E-state index in [-0.39, 0.29) is 22.8 Å². The number of hydrogen-bond donors (Lipinski definition) is 0. The van der Waals surface area contributed by atoms with Crippen LogP contribution < -0.4 is 0 Å². The lowest BCUT2D eigenvalue weighted by Gasteiger charge is -2.37. The standard InChI is InChI=1S/C24H27N3O3S/c1-26(23-8-4-6-19-5-2-3-7-22(19)23)24(28)20-13-15-27(16-14-20)31(29,30)21-11-9-18(17-25)10-12-21/h2-3,5,7,9-12,20,23H,4,6,8,13-16H2,1H3. The Morgan fingerprint density at radius 2 is 1.74 bits per heavy atom. The maximum absolute atomic E-state index is 13.2. The average Bonchev–Trinajstić information content (AvgIpc) is 2.83.